The molecule has 0 bridgehead atoms. The van der Waals surface area contributed by atoms with Crippen LogP contribution in [-0.4, -0.2) is 69.2 Å². The van der Waals surface area contributed by atoms with Gasteiger partial charge in [-0.25, -0.2) is 0 Å². The number of sulfonamides is 1. The van der Waals surface area contributed by atoms with Gasteiger partial charge >= 0.3 is 0 Å². The zero-order chi connectivity index (χ0) is 18.7. The van der Waals surface area contributed by atoms with E-state index in [-0.39, 0.29) is 23.4 Å². The topological polar surface area (TPSA) is 82.1 Å². The summed E-state index contributed by atoms with van der Waals surface area (Å²) in [6.45, 7) is 4.75. The van der Waals surface area contributed by atoms with Crippen LogP contribution in [0.5, 0.6) is 0 Å². The highest BCUT2D eigenvalue weighted by molar-refractivity contribution is 7.90. The van der Waals surface area contributed by atoms with E-state index in [4.69, 9.17) is 0 Å². The van der Waals surface area contributed by atoms with Crippen LogP contribution in [0.1, 0.15) is 31.7 Å². The van der Waals surface area contributed by atoms with Crippen LogP contribution in [0.4, 0.5) is 0 Å². The van der Waals surface area contributed by atoms with Gasteiger partial charge < -0.3 is 15.1 Å². The molecule has 1 amide bonds. The van der Waals surface area contributed by atoms with Gasteiger partial charge in [0.1, 0.15) is 4.90 Å². The number of fused-ring (bicyclic) bond motifs is 1. The molecule has 2 heterocycles. The molecule has 8 heteroatoms. The van der Waals surface area contributed by atoms with Gasteiger partial charge in [-0.05, 0) is 44.5 Å². The molecule has 1 fully saturated rings. The number of rotatable bonds is 5. The van der Waals surface area contributed by atoms with Gasteiger partial charge in [-0.15, -0.1) is 4.40 Å². The Morgan fingerprint density at radius 3 is 2.65 bits per heavy atom. The Bertz CT molecular complexity index is 800. The van der Waals surface area contributed by atoms with Gasteiger partial charge in [-0.1, -0.05) is 19.1 Å². The Labute approximate surface area is 155 Å². The summed E-state index contributed by atoms with van der Waals surface area (Å²) in [5, 5.41) is 3.32. The van der Waals surface area contributed by atoms with Crippen LogP contribution in [0.3, 0.4) is 0 Å². The van der Waals surface area contributed by atoms with E-state index in [0.29, 0.717) is 11.4 Å². The summed E-state index contributed by atoms with van der Waals surface area (Å²) in [6.07, 6.45) is 2.80. The zero-order valence-corrected chi connectivity index (χ0v) is 16.1. The van der Waals surface area contributed by atoms with E-state index in [1.54, 1.807) is 36.2 Å². The fraction of sp³-hybridized carbons (Fsp3) is 0.556. The van der Waals surface area contributed by atoms with Gasteiger partial charge in [0.25, 0.3) is 10.0 Å². The summed E-state index contributed by atoms with van der Waals surface area (Å²) in [6, 6.07) is 6.99. The van der Waals surface area contributed by atoms with Crippen LogP contribution in [0.2, 0.25) is 0 Å². The highest BCUT2D eigenvalue weighted by atomic mass is 32.2. The van der Waals surface area contributed by atoms with E-state index in [1.807, 2.05) is 4.90 Å². The van der Waals surface area contributed by atoms with Gasteiger partial charge in [0, 0.05) is 25.2 Å². The number of amidine groups is 1. The summed E-state index contributed by atoms with van der Waals surface area (Å²) in [5.41, 5.74) is 0.562. The van der Waals surface area contributed by atoms with Crippen LogP contribution in [-0.2, 0) is 14.8 Å². The molecule has 0 spiro atoms. The van der Waals surface area contributed by atoms with Crippen molar-refractivity contribution in [3.8, 4) is 0 Å². The van der Waals surface area contributed by atoms with Crippen molar-refractivity contribution in [1.29, 1.82) is 0 Å². The Morgan fingerprint density at radius 1 is 1.27 bits per heavy atom. The lowest BCUT2D eigenvalue weighted by Crippen LogP contribution is -2.49. The number of carbonyl (C=O) groups is 1. The fourth-order valence-corrected chi connectivity index (χ4v) is 4.85. The van der Waals surface area contributed by atoms with Crippen molar-refractivity contribution in [2.75, 3.05) is 33.2 Å². The first kappa shape index (κ1) is 18.8. The number of nitrogens with zero attached hydrogens (tertiary/aromatic N) is 3. The maximum absolute atomic E-state index is 12.9. The molecule has 2 aliphatic rings. The van der Waals surface area contributed by atoms with Crippen LogP contribution in [0.15, 0.2) is 33.6 Å². The molecule has 142 valence electrons. The van der Waals surface area contributed by atoms with Crippen LogP contribution >= 0.6 is 0 Å². The molecule has 7 nitrogen and oxygen atoms in total. The van der Waals surface area contributed by atoms with Gasteiger partial charge in [0.2, 0.25) is 5.91 Å². The Balaban J connectivity index is 1.76. The minimum atomic E-state index is -3.67. The number of amides is 1. The van der Waals surface area contributed by atoms with Crippen LogP contribution < -0.4 is 5.32 Å². The average molecular weight is 378 g/mol. The van der Waals surface area contributed by atoms with Crippen molar-refractivity contribution in [2.45, 2.75) is 37.1 Å². The Kier molecular flexibility index (Phi) is 5.62. The third kappa shape index (κ3) is 3.76. The second kappa shape index (κ2) is 7.75. The summed E-state index contributed by atoms with van der Waals surface area (Å²) in [7, 11) is -1.95. The molecule has 1 N–H and O–H groups in total. The van der Waals surface area contributed by atoms with E-state index < -0.39 is 10.0 Å². The Hall–Kier alpha value is -1.93. The van der Waals surface area contributed by atoms with Gasteiger partial charge in [0.05, 0.1) is 6.54 Å². The molecule has 0 unspecified atom stereocenters. The number of hydrogen-bond donors (Lipinski definition) is 1. The molecule has 1 aromatic carbocycles. The summed E-state index contributed by atoms with van der Waals surface area (Å²) in [5.74, 6) is 0.362. The second-order valence-corrected chi connectivity index (χ2v) is 8.38. The van der Waals surface area contributed by atoms with Crippen molar-refractivity contribution in [3.63, 3.8) is 0 Å². The molecule has 2 aliphatic heterocycles. The number of benzene rings is 1. The number of nitrogens with one attached hydrogen (secondary N) is 1. The molecule has 0 atom stereocenters. The van der Waals surface area contributed by atoms with Gasteiger partial charge in [-0.3, -0.25) is 4.79 Å². The maximum atomic E-state index is 12.9. The second-order valence-electron chi connectivity index (χ2n) is 6.81. The predicted octanol–water partition coefficient (Wildman–Crippen LogP) is 1.06. The van der Waals surface area contributed by atoms with Crippen molar-refractivity contribution >= 4 is 21.8 Å². The number of piperidine rings is 1. The summed E-state index contributed by atoms with van der Waals surface area (Å²) < 4.78 is 28.3. The molecule has 26 heavy (non-hydrogen) atoms. The zero-order valence-electron chi connectivity index (χ0n) is 15.3. The smallest absolute Gasteiger partial charge is 0.285 e. The summed E-state index contributed by atoms with van der Waals surface area (Å²) in [4.78, 5) is 16.7. The number of carbonyl (C=O) groups excluding carboxylic acids is 1. The molecule has 3 rings (SSSR count). The third-order valence-electron chi connectivity index (χ3n) is 4.88. The summed E-state index contributed by atoms with van der Waals surface area (Å²) >= 11 is 0. The minimum absolute atomic E-state index is 0.0192. The van der Waals surface area contributed by atoms with Gasteiger partial charge in [0.15, 0.2) is 5.84 Å². The lowest BCUT2D eigenvalue weighted by atomic mass is 10.0. The number of likely N-dealkylation sites (N-methyl/N-ethyl adjacent to an activating group) is 1. The molecular formula is C18H26N4O3S. The lowest BCUT2D eigenvalue weighted by Gasteiger charge is -2.35. The molecule has 1 saturated heterocycles. The first-order chi connectivity index (χ1) is 12.4. The van der Waals surface area contributed by atoms with Crippen LogP contribution in [0, 0.1) is 0 Å². The SMILES string of the molecule is CCCN(C(=O)CN(C)C1=NS(=O)(=O)c2ccccc21)C1CCNCC1. The van der Waals surface area contributed by atoms with Crippen molar-refractivity contribution in [1.82, 2.24) is 15.1 Å². The first-order valence-corrected chi connectivity index (χ1v) is 10.5. The number of hydrogen-bond acceptors (Lipinski definition) is 5. The quantitative estimate of drug-likeness (QED) is 0.828. The van der Waals surface area contributed by atoms with Crippen molar-refractivity contribution in [2.24, 2.45) is 4.40 Å². The van der Waals surface area contributed by atoms with E-state index in [9.17, 15) is 13.2 Å². The van der Waals surface area contributed by atoms with E-state index >= 15 is 0 Å². The van der Waals surface area contributed by atoms with E-state index in [0.717, 1.165) is 38.9 Å². The van der Waals surface area contributed by atoms with Crippen molar-refractivity contribution < 1.29 is 13.2 Å². The highest BCUT2D eigenvalue weighted by Gasteiger charge is 2.32. The lowest BCUT2D eigenvalue weighted by molar-refractivity contribution is -0.134. The van der Waals surface area contributed by atoms with E-state index in [1.165, 1.54) is 0 Å². The molecule has 0 radical (unpaired) electrons. The molecule has 1 aromatic rings. The standard InChI is InChI=1S/C18H26N4O3S/c1-3-12-22(14-8-10-19-11-9-14)17(23)13-21(2)18-15-6-4-5-7-16(15)26(24,25)20-18/h4-7,14,19H,3,8-13H2,1-2H3. The molecule has 0 aromatic heterocycles. The third-order valence-corrected chi connectivity index (χ3v) is 6.21. The van der Waals surface area contributed by atoms with Crippen molar-refractivity contribution in [3.05, 3.63) is 29.8 Å². The molecule has 0 saturated carbocycles. The highest BCUT2D eigenvalue weighted by Crippen LogP contribution is 2.27. The minimum Gasteiger partial charge on any atom is -0.349 e. The Morgan fingerprint density at radius 2 is 1.96 bits per heavy atom. The molecule has 0 aliphatic carbocycles. The largest absolute Gasteiger partial charge is 0.349 e. The normalized spacial score (nSPS) is 18.9. The fourth-order valence-electron chi connectivity index (χ4n) is 3.60. The van der Waals surface area contributed by atoms with Crippen LogP contribution in [0.25, 0.3) is 0 Å². The van der Waals surface area contributed by atoms with Gasteiger partial charge in [-0.2, -0.15) is 8.42 Å². The monoisotopic (exact) mass is 378 g/mol. The maximum Gasteiger partial charge on any atom is 0.285 e. The first-order valence-electron chi connectivity index (χ1n) is 9.09. The molecular weight excluding hydrogens is 352 g/mol. The van der Waals surface area contributed by atoms with E-state index in [2.05, 4.69) is 16.6 Å². The average Bonchev–Trinajstić information content (AvgIpc) is 2.92. The predicted molar refractivity (Wildman–Crippen MR) is 101 cm³/mol.